The van der Waals surface area contributed by atoms with Gasteiger partial charge in [-0.15, -0.1) is 34.2 Å². The minimum absolute atomic E-state index is 0. The van der Waals surface area contributed by atoms with Crippen molar-refractivity contribution < 1.29 is 9.53 Å². The lowest BCUT2D eigenvalue weighted by molar-refractivity contribution is 0.0193. The van der Waals surface area contributed by atoms with Gasteiger partial charge in [0.25, 0.3) is 0 Å². The fourth-order valence-corrected chi connectivity index (χ4v) is 4.09. The molecule has 1 saturated carbocycles. The molecule has 1 aliphatic carbocycles. The lowest BCUT2D eigenvalue weighted by Crippen LogP contribution is -2.54. The molecule has 2 fully saturated rings. The summed E-state index contributed by atoms with van der Waals surface area (Å²) in [4.78, 5) is 19.1. The largest absolute Gasteiger partial charge is 0.444 e. The Bertz CT molecular complexity index is 769. The molecule has 9 nitrogen and oxygen atoms in total. The molecule has 2 heterocycles. The molecule has 1 atom stereocenters. The smallest absolute Gasteiger partial charge is 0.410 e. The van der Waals surface area contributed by atoms with Crippen LogP contribution in [0.25, 0.3) is 0 Å². The Kier molecular flexibility index (Phi) is 10.0. The van der Waals surface area contributed by atoms with Gasteiger partial charge >= 0.3 is 6.09 Å². The van der Waals surface area contributed by atoms with Crippen molar-refractivity contribution in [2.24, 2.45) is 12.0 Å². The molecule has 0 radical (unpaired) electrons. The Morgan fingerprint density at radius 3 is 2.38 bits per heavy atom. The second-order valence-corrected chi connectivity index (χ2v) is 9.78. The van der Waals surface area contributed by atoms with Gasteiger partial charge in [0.15, 0.2) is 11.8 Å². The molecule has 1 amide bonds. The fraction of sp³-hybridized carbons (Fsp3) is 0.818. The van der Waals surface area contributed by atoms with Crippen molar-refractivity contribution in [3.05, 3.63) is 11.6 Å². The quantitative estimate of drug-likeness (QED) is 0.332. The third-order valence-corrected chi connectivity index (χ3v) is 5.92. The Balaban J connectivity index is 0.00000363. The van der Waals surface area contributed by atoms with Gasteiger partial charge in [-0.1, -0.05) is 19.3 Å². The summed E-state index contributed by atoms with van der Waals surface area (Å²) < 4.78 is 7.53. The zero-order valence-corrected chi connectivity index (χ0v) is 22.5. The van der Waals surface area contributed by atoms with Gasteiger partial charge in [0.2, 0.25) is 0 Å². The van der Waals surface area contributed by atoms with E-state index in [1.54, 1.807) is 4.90 Å². The van der Waals surface area contributed by atoms with E-state index in [9.17, 15) is 4.79 Å². The van der Waals surface area contributed by atoms with Crippen molar-refractivity contribution in [3.63, 3.8) is 0 Å². The fourth-order valence-electron chi connectivity index (χ4n) is 4.09. The monoisotopic (exact) mass is 561 g/mol. The van der Waals surface area contributed by atoms with Crippen LogP contribution >= 0.6 is 24.0 Å². The van der Waals surface area contributed by atoms with Crippen LogP contribution in [0.5, 0.6) is 0 Å². The highest BCUT2D eigenvalue weighted by Crippen LogP contribution is 2.18. The first-order valence-electron chi connectivity index (χ1n) is 11.6. The second kappa shape index (κ2) is 12.0. The number of nitrogens with zero attached hydrogens (tertiary/aromatic N) is 5. The number of ether oxygens (including phenoxy) is 1. The van der Waals surface area contributed by atoms with Gasteiger partial charge in [-0.3, -0.25) is 0 Å². The van der Waals surface area contributed by atoms with Crippen LogP contribution in [0.3, 0.4) is 0 Å². The third-order valence-electron chi connectivity index (χ3n) is 5.92. The van der Waals surface area contributed by atoms with Crippen LogP contribution in [0.1, 0.15) is 77.4 Å². The zero-order chi connectivity index (χ0) is 22.4. The molecule has 0 spiro atoms. The highest BCUT2D eigenvalue weighted by molar-refractivity contribution is 14.0. The number of aryl methyl sites for hydroxylation is 1. The number of aromatic nitrogens is 3. The molecule has 32 heavy (non-hydrogen) atoms. The van der Waals surface area contributed by atoms with Crippen LogP contribution in [0.15, 0.2) is 4.99 Å². The number of carbonyl (C=O) groups excluding carboxylic acids is 1. The Morgan fingerprint density at radius 1 is 1.09 bits per heavy atom. The van der Waals surface area contributed by atoms with Crippen LogP contribution in [-0.4, -0.2) is 62.5 Å². The van der Waals surface area contributed by atoms with E-state index in [4.69, 9.17) is 9.73 Å². The molecule has 2 N–H and O–H groups in total. The van der Waals surface area contributed by atoms with Gasteiger partial charge in [-0.2, -0.15) is 0 Å². The first-order valence-corrected chi connectivity index (χ1v) is 11.6. The van der Waals surface area contributed by atoms with Crippen LogP contribution in [0, 0.1) is 6.92 Å². The molecule has 3 rings (SSSR count). The summed E-state index contributed by atoms with van der Waals surface area (Å²) in [5, 5.41) is 15.6. The summed E-state index contributed by atoms with van der Waals surface area (Å²) >= 11 is 0. The van der Waals surface area contributed by atoms with Crippen molar-refractivity contribution in [1.82, 2.24) is 30.3 Å². The molecule has 1 aromatic heterocycles. The van der Waals surface area contributed by atoms with E-state index in [2.05, 4.69) is 20.8 Å². The lowest BCUT2D eigenvalue weighted by atomic mass is 9.96. The highest BCUT2D eigenvalue weighted by Gasteiger charge is 2.28. The molecule has 1 unspecified atom stereocenters. The highest BCUT2D eigenvalue weighted by atomic mass is 127. The normalized spacial score (nSPS) is 20.5. The van der Waals surface area contributed by atoms with Crippen LogP contribution in [-0.2, 0) is 18.3 Å². The number of guanidine groups is 1. The van der Waals surface area contributed by atoms with Gasteiger partial charge in [0.1, 0.15) is 18.0 Å². The van der Waals surface area contributed by atoms with E-state index in [0.717, 1.165) is 37.0 Å². The number of rotatable bonds is 4. The van der Waals surface area contributed by atoms with Gasteiger partial charge in [0, 0.05) is 32.2 Å². The Morgan fingerprint density at radius 2 is 1.75 bits per heavy atom. The van der Waals surface area contributed by atoms with E-state index >= 15 is 0 Å². The number of amides is 1. The first-order chi connectivity index (χ1) is 14.7. The number of likely N-dealkylation sites (tertiary alicyclic amines) is 1. The summed E-state index contributed by atoms with van der Waals surface area (Å²) in [7, 11) is 1.96. The summed E-state index contributed by atoms with van der Waals surface area (Å²) in [5.41, 5.74) is -0.485. The second-order valence-electron chi connectivity index (χ2n) is 9.78. The molecule has 1 aromatic rings. The SMILES string of the molecule is Cc1nnc(CN=C(NC2CCCCC2)NC2CCCN(C(=O)OC(C)(C)C)C2)n1C.I. The zero-order valence-electron chi connectivity index (χ0n) is 20.2. The maximum Gasteiger partial charge on any atom is 0.410 e. The van der Waals surface area contributed by atoms with E-state index in [1.807, 2.05) is 39.3 Å². The van der Waals surface area contributed by atoms with Crippen molar-refractivity contribution in [1.29, 1.82) is 0 Å². The predicted molar refractivity (Wildman–Crippen MR) is 136 cm³/mol. The molecule has 2 aliphatic rings. The number of hydrogen-bond donors (Lipinski definition) is 2. The van der Waals surface area contributed by atoms with Crippen LogP contribution < -0.4 is 10.6 Å². The summed E-state index contributed by atoms with van der Waals surface area (Å²) in [5.74, 6) is 2.50. The van der Waals surface area contributed by atoms with E-state index in [1.165, 1.54) is 32.1 Å². The maximum absolute atomic E-state index is 12.5. The number of piperidine rings is 1. The predicted octanol–water partition coefficient (Wildman–Crippen LogP) is 3.51. The number of halogens is 1. The lowest BCUT2D eigenvalue weighted by Gasteiger charge is -2.35. The van der Waals surface area contributed by atoms with Gasteiger partial charge in [-0.25, -0.2) is 9.79 Å². The summed E-state index contributed by atoms with van der Waals surface area (Å²) in [6, 6.07) is 0.573. The number of hydrogen-bond acceptors (Lipinski definition) is 5. The summed E-state index contributed by atoms with van der Waals surface area (Å²) in [6.07, 6.45) is 7.84. The molecule has 0 bridgehead atoms. The molecule has 1 saturated heterocycles. The molecule has 182 valence electrons. The molecule has 1 aliphatic heterocycles. The number of aliphatic imine (C=N–C) groups is 1. The first kappa shape index (κ1) is 26.7. The van der Waals surface area contributed by atoms with Gasteiger partial charge in [-0.05, 0) is 53.4 Å². The van der Waals surface area contributed by atoms with Crippen molar-refractivity contribution in [2.75, 3.05) is 13.1 Å². The van der Waals surface area contributed by atoms with Crippen molar-refractivity contribution in [3.8, 4) is 0 Å². The Labute approximate surface area is 209 Å². The molecule has 10 heteroatoms. The van der Waals surface area contributed by atoms with E-state index in [-0.39, 0.29) is 36.1 Å². The van der Waals surface area contributed by atoms with Crippen LogP contribution in [0.4, 0.5) is 4.79 Å². The molecular weight excluding hydrogens is 521 g/mol. The standard InChI is InChI=1S/C22H39N7O2.HI/c1-16-26-27-19(28(16)5)14-23-20(24-17-10-7-6-8-11-17)25-18-12-9-13-29(15-18)21(30)31-22(2,3)4;/h17-18H,6-15H2,1-5H3,(H2,23,24,25);1H. The minimum atomic E-state index is -0.485. The average molecular weight is 562 g/mol. The number of nitrogens with one attached hydrogen (secondary N) is 2. The topological polar surface area (TPSA) is 96.7 Å². The molecular formula is C22H40IN7O2. The molecule has 0 aromatic carbocycles. The minimum Gasteiger partial charge on any atom is -0.444 e. The van der Waals surface area contributed by atoms with E-state index in [0.29, 0.717) is 19.1 Å². The Hall–Kier alpha value is -1.59. The van der Waals surface area contributed by atoms with Crippen molar-refractivity contribution >= 4 is 36.0 Å². The van der Waals surface area contributed by atoms with E-state index < -0.39 is 5.60 Å². The van der Waals surface area contributed by atoms with Crippen LogP contribution in [0.2, 0.25) is 0 Å². The number of carbonyl (C=O) groups is 1. The maximum atomic E-state index is 12.5. The summed E-state index contributed by atoms with van der Waals surface area (Å²) in [6.45, 7) is 9.44. The van der Waals surface area contributed by atoms with Crippen molar-refractivity contribution in [2.45, 2.75) is 96.9 Å². The van der Waals surface area contributed by atoms with Gasteiger partial charge < -0.3 is 24.8 Å². The van der Waals surface area contributed by atoms with Gasteiger partial charge in [0.05, 0.1) is 0 Å². The average Bonchev–Trinajstić information content (AvgIpc) is 3.04. The third kappa shape index (κ3) is 8.08.